The number of hydrogen-bond donors (Lipinski definition) is 0. The van der Waals surface area contributed by atoms with Crippen molar-refractivity contribution in [1.29, 1.82) is 0 Å². The third kappa shape index (κ3) is 3.13. The minimum absolute atomic E-state index is 0.631. The maximum atomic E-state index is 5.82. The van der Waals surface area contributed by atoms with Gasteiger partial charge in [-0.05, 0) is 41.8 Å². The number of alkyl halides is 1. The molecule has 0 unspecified atom stereocenters. The molecule has 0 atom stereocenters. The van der Waals surface area contributed by atoms with Crippen LogP contribution in [0.1, 0.15) is 18.9 Å². The van der Waals surface area contributed by atoms with Crippen LogP contribution in [0.5, 0.6) is 11.5 Å². The quantitative estimate of drug-likeness (QED) is 0.575. The topological polar surface area (TPSA) is 18.5 Å². The van der Waals surface area contributed by atoms with E-state index in [0.717, 1.165) is 24.3 Å². The monoisotopic (exact) mass is 278 g/mol. The van der Waals surface area contributed by atoms with Crippen molar-refractivity contribution < 1.29 is 9.47 Å². The zero-order valence-corrected chi connectivity index (χ0v) is 12.2. The fourth-order valence-electron chi connectivity index (χ4n) is 2.22. The first kappa shape index (κ1) is 14.0. The lowest BCUT2D eigenvalue weighted by Crippen LogP contribution is -2.01. The molecular weight excluding hydrogens is 260 g/mol. The van der Waals surface area contributed by atoms with E-state index in [1.54, 1.807) is 7.11 Å². The van der Waals surface area contributed by atoms with E-state index in [1.165, 1.54) is 16.3 Å². The zero-order chi connectivity index (χ0) is 13.7. The van der Waals surface area contributed by atoms with E-state index in [9.17, 15) is 0 Å². The summed E-state index contributed by atoms with van der Waals surface area (Å²) in [5.41, 5.74) is 1.25. The molecule has 0 fully saturated rings. The van der Waals surface area contributed by atoms with Crippen molar-refractivity contribution >= 4 is 22.4 Å². The molecule has 0 bridgehead atoms. The van der Waals surface area contributed by atoms with Crippen molar-refractivity contribution in [3.63, 3.8) is 0 Å². The average molecular weight is 279 g/mol. The Balaban J connectivity index is 2.38. The SMILES string of the molecule is CCc1c(OCCCCl)ccc2cc(OC)ccc12. The van der Waals surface area contributed by atoms with Gasteiger partial charge in [0.1, 0.15) is 11.5 Å². The van der Waals surface area contributed by atoms with Crippen molar-refractivity contribution in [3.8, 4) is 11.5 Å². The summed E-state index contributed by atoms with van der Waals surface area (Å²) in [4.78, 5) is 0. The van der Waals surface area contributed by atoms with E-state index in [1.807, 2.05) is 12.1 Å². The average Bonchev–Trinajstić information content (AvgIpc) is 2.46. The molecule has 0 aliphatic carbocycles. The zero-order valence-electron chi connectivity index (χ0n) is 11.4. The fourth-order valence-corrected chi connectivity index (χ4v) is 2.32. The number of benzene rings is 2. The van der Waals surface area contributed by atoms with Crippen LogP contribution in [0, 0.1) is 0 Å². The Morgan fingerprint density at radius 1 is 1.16 bits per heavy atom. The standard InChI is InChI=1S/C16H19ClO2/c1-3-14-15-7-6-13(18-2)11-12(15)5-8-16(14)19-10-4-9-17/h5-8,11H,3-4,9-10H2,1-2H3. The van der Waals surface area contributed by atoms with Gasteiger partial charge in [-0.2, -0.15) is 0 Å². The summed E-state index contributed by atoms with van der Waals surface area (Å²) in [5.74, 6) is 2.47. The van der Waals surface area contributed by atoms with Gasteiger partial charge in [0.15, 0.2) is 0 Å². The fraction of sp³-hybridized carbons (Fsp3) is 0.375. The number of hydrogen-bond acceptors (Lipinski definition) is 2. The lowest BCUT2D eigenvalue weighted by atomic mass is 10.0. The molecule has 0 aliphatic heterocycles. The van der Waals surface area contributed by atoms with Gasteiger partial charge in [-0.1, -0.05) is 19.1 Å². The third-order valence-electron chi connectivity index (χ3n) is 3.18. The molecule has 0 heterocycles. The van der Waals surface area contributed by atoms with E-state index in [0.29, 0.717) is 12.5 Å². The molecule has 0 saturated heterocycles. The molecule has 0 aromatic heterocycles. The minimum atomic E-state index is 0.631. The van der Waals surface area contributed by atoms with Gasteiger partial charge in [0, 0.05) is 11.4 Å². The molecule has 2 aromatic rings. The summed E-state index contributed by atoms with van der Waals surface area (Å²) in [5, 5.41) is 2.41. The lowest BCUT2D eigenvalue weighted by molar-refractivity contribution is 0.316. The number of fused-ring (bicyclic) bond motifs is 1. The van der Waals surface area contributed by atoms with Crippen LogP contribution < -0.4 is 9.47 Å². The molecule has 2 rings (SSSR count). The highest BCUT2D eigenvalue weighted by Crippen LogP contribution is 2.31. The summed E-state index contributed by atoms with van der Waals surface area (Å²) < 4.78 is 11.1. The Kier molecular flexibility index (Phi) is 4.92. The predicted molar refractivity (Wildman–Crippen MR) is 80.7 cm³/mol. The van der Waals surface area contributed by atoms with Crippen LogP contribution in [0.25, 0.3) is 10.8 Å². The van der Waals surface area contributed by atoms with E-state index in [4.69, 9.17) is 21.1 Å². The molecule has 0 amide bonds. The van der Waals surface area contributed by atoms with Crippen LogP contribution in [-0.2, 0) is 6.42 Å². The Hall–Kier alpha value is -1.41. The summed E-state index contributed by atoms with van der Waals surface area (Å²) in [6, 6.07) is 10.3. The molecule has 102 valence electrons. The van der Waals surface area contributed by atoms with Gasteiger partial charge in [0.25, 0.3) is 0 Å². The first-order valence-electron chi connectivity index (χ1n) is 6.58. The van der Waals surface area contributed by atoms with Crippen LogP contribution >= 0.6 is 11.6 Å². The second-order valence-electron chi connectivity index (χ2n) is 4.37. The van der Waals surface area contributed by atoms with Crippen LogP contribution in [0.3, 0.4) is 0 Å². The van der Waals surface area contributed by atoms with E-state index < -0.39 is 0 Å². The van der Waals surface area contributed by atoms with E-state index in [-0.39, 0.29) is 0 Å². The summed E-state index contributed by atoms with van der Waals surface area (Å²) in [6.45, 7) is 2.81. The Morgan fingerprint density at radius 2 is 2.00 bits per heavy atom. The van der Waals surface area contributed by atoms with Gasteiger partial charge in [-0.3, -0.25) is 0 Å². The third-order valence-corrected chi connectivity index (χ3v) is 3.45. The normalized spacial score (nSPS) is 10.7. The number of halogens is 1. The van der Waals surface area contributed by atoms with Crippen molar-refractivity contribution in [2.75, 3.05) is 19.6 Å². The number of methoxy groups -OCH3 is 1. The highest BCUT2D eigenvalue weighted by Gasteiger charge is 2.08. The molecule has 0 saturated carbocycles. The van der Waals surface area contributed by atoms with E-state index >= 15 is 0 Å². The van der Waals surface area contributed by atoms with Crippen LogP contribution in [-0.4, -0.2) is 19.6 Å². The maximum absolute atomic E-state index is 5.82. The first-order chi connectivity index (χ1) is 9.30. The van der Waals surface area contributed by atoms with Crippen LogP contribution in [0.4, 0.5) is 0 Å². The molecule has 19 heavy (non-hydrogen) atoms. The summed E-state index contributed by atoms with van der Waals surface area (Å²) >= 11 is 5.68. The second-order valence-corrected chi connectivity index (χ2v) is 4.75. The molecule has 0 N–H and O–H groups in total. The Labute approximate surface area is 119 Å². The second kappa shape index (κ2) is 6.67. The molecule has 0 radical (unpaired) electrons. The van der Waals surface area contributed by atoms with Gasteiger partial charge in [0.05, 0.1) is 13.7 Å². The summed E-state index contributed by atoms with van der Waals surface area (Å²) in [7, 11) is 1.69. The number of ether oxygens (including phenoxy) is 2. The minimum Gasteiger partial charge on any atom is -0.497 e. The molecule has 2 aromatic carbocycles. The molecule has 0 spiro atoms. The van der Waals surface area contributed by atoms with Gasteiger partial charge in [-0.25, -0.2) is 0 Å². The number of rotatable bonds is 6. The maximum Gasteiger partial charge on any atom is 0.123 e. The van der Waals surface area contributed by atoms with Crippen LogP contribution in [0.15, 0.2) is 30.3 Å². The molecule has 3 heteroatoms. The first-order valence-corrected chi connectivity index (χ1v) is 7.12. The van der Waals surface area contributed by atoms with Gasteiger partial charge < -0.3 is 9.47 Å². The van der Waals surface area contributed by atoms with Gasteiger partial charge in [0.2, 0.25) is 0 Å². The highest BCUT2D eigenvalue weighted by molar-refractivity contribution is 6.17. The van der Waals surface area contributed by atoms with Crippen LogP contribution in [0.2, 0.25) is 0 Å². The summed E-state index contributed by atoms with van der Waals surface area (Å²) in [6.07, 6.45) is 1.81. The van der Waals surface area contributed by atoms with Crippen molar-refractivity contribution in [1.82, 2.24) is 0 Å². The molecule has 0 aliphatic rings. The highest BCUT2D eigenvalue weighted by atomic mass is 35.5. The van der Waals surface area contributed by atoms with Crippen molar-refractivity contribution in [2.24, 2.45) is 0 Å². The largest absolute Gasteiger partial charge is 0.497 e. The Bertz CT molecular complexity index is 552. The van der Waals surface area contributed by atoms with Crippen molar-refractivity contribution in [3.05, 3.63) is 35.9 Å². The molecular formula is C16H19ClO2. The predicted octanol–water partition coefficient (Wildman–Crippen LogP) is 4.42. The Morgan fingerprint density at radius 3 is 2.68 bits per heavy atom. The smallest absolute Gasteiger partial charge is 0.123 e. The van der Waals surface area contributed by atoms with E-state index in [2.05, 4.69) is 25.1 Å². The number of aryl methyl sites for hydroxylation is 1. The van der Waals surface area contributed by atoms with Gasteiger partial charge in [-0.15, -0.1) is 11.6 Å². The lowest BCUT2D eigenvalue weighted by Gasteiger charge is -2.13. The van der Waals surface area contributed by atoms with Crippen molar-refractivity contribution in [2.45, 2.75) is 19.8 Å². The molecule has 2 nitrogen and oxygen atoms in total. The van der Waals surface area contributed by atoms with Gasteiger partial charge >= 0.3 is 0 Å².